The van der Waals surface area contributed by atoms with Crippen molar-refractivity contribution in [3.05, 3.63) is 29.8 Å². The Hall–Kier alpha value is -2.17. The van der Waals surface area contributed by atoms with Crippen LogP contribution in [0.1, 0.15) is 26.3 Å². The van der Waals surface area contributed by atoms with Gasteiger partial charge in [-0.05, 0) is 39.8 Å². The maximum atomic E-state index is 11.3. The zero-order valence-electron chi connectivity index (χ0n) is 15.4. The van der Waals surface area contributed by atoms with Crippen molar-refractivity contribution in [2.75, 3.05) is 13.7 Å². The van der Waals surface area contributed by atoms with Gasteiger partial charge < -0.3 is 20.5 Å². The van der Waals surface area contributed by atoms with Crippen LogP contribution in [0.3, 0.4) is 0 Å². The lowest BCUT2D eigenvalue weighted by atomic mass is 10.1. The van der Waals surface area contributed by atoms with Crippen molar-refractivity contribution in [1.82, 2.24) is 10.6 Å². The van der Waals surface area contributed by atoms with E-state index in [0.29, 0.717) is 0 Å². The molecule has 1 atom stereocenters. The van der Waals surface area contributed by atoms with Crippen molar-refractivity contribution in [2.45, 2.75) is 44.2 Å². The van der Waals surface area contributed by atoms with E-state index in [-0.39, 0.29) is 4.90 Å². The molecule has 0 aliphatic heterocycles. The fourth-order valence-electron chi connectivity index (χ4n) is 1.57. The average Bonchev–Trinajstić information content (AvgIpc) is 2.50. The molecule has 0 saturated carbocycles. The van der Waals surface area contributed by atoms with Crippen LogP contribution in [0.2, 0.25) is 0 Å². The molecular formula is C16H26N2O7S. The summed E-state index contributed by atoms with van der Waals surface area (Å²) in [6, 6.07) is 4.44. The van der Waals surface area contributed by atoms with E-state index in [0.717, 1.165) is 5.56 Å². The quantitative estimate of drug-likeness (QED) is 0.441. The number of urea groups is 1. The molecule has 26 heavy (non-hydrogen) atoms. The minimum absolute atomic E-state index is 0.0666. The van der Waals surface area contributed by atoms with Gasteiger partial charge in [-0.3, -0.25) is 4.55 Å². The first kappa shape index (κ1) is 23.8. The minimum atomic E-state index is -4.02. The summed E-state index contributed by atoms with van der Waals surface area (Å²) < 4.78 is 33.9. The fraction of sp³-hybridized carbons (Fsp3) is 0.500. The predicted molar refractivity (Wildman–Crippen MR) is 95.3 cm³/mol. The molecule has 0 radical (unpaired) electrons. The number of aryl methyl sites for hydroxylation is 1. The molecule has 0 aromatic heterocycles. The molecule has 2 amide bonds. The number of benzene rings is 1. The third kappa shape index (κ3) is 9.97. The standard InChI is InChI=1S/C9H18N2O4.C7H8O3S/c1-9(2,3)11-8(14)10-6(5-12)7(13)15-4;1-6-2-4-7(5-3-6)11(8,9)10/h6,12H,5H2,1-4H3,(H2,10,11,14);2-5H,1H3,(H,8,9,10)/t6-;/m0./s1. The first-order valence-electron chi connectivity index (χ1n) is 7.61. The van der Waals surface area contributed by atoms with E-state index in [9.17, 15) is 18.0 Å². The first-order valence-corrected chi connectivity index (χ1v) is 9.05. The number of esters is 1. The molecule has 1 aromatic carbocycles. The molecule has 0 saturated heterocycles. The van der Waals surface area contributed by atoms with Gasteiger partial charge in [0.15, 0.2) is 6.04 Å². The van der Waals surface area contributed by atoms with E-state index in [1.165, 1.54) is 19.2 Å². The monoisotopic (exact) mass is 390 g/mol. The normalized spacial score (nSPS) is 12.3. The van der Waals surface area contributed by atoms with Crippen LogP contribution in [0, 0.1) is 6.92 Å². The van der Waals surface area contributed by atoms with Crippen LogP contribution in [0.15, 0.2) is 29.2 Å². The van der Waals surface area contributed by atoms with Gasteiger partial charge in [-0.1, -0.05) is 17.7 Å². The van der Waals surface area contributed by atoms with Gasteiger partial charge in [-0.15, -0.1) is 0 Å². The van der Waals surface area contributed by atoms with Gasteiger partial charge in [0.05, 0.1) is 18.6 Å². The molecule has 1 rings (SSSR count). The number of aliphatic hydroxyl groups excluding tert-OH is 1. The number of rotatable bonds is 4. The number of nitrogens with one attached hydrogen (secondary N) is 2. The number of aliphatic hydroxyl groups is 1. The molecule has 0 heterocycles. The maximum absolute atomic E-state index is 11.3. The Bertz CT molecular complexity index is 694. The summed E-state index contributed by atoms with van der Waals surface area (Å²) in [5, 5.41) is 13.7. The minimum Gasteiger partial charge on any atom is -0.467 e. The molecule has 0 unspecified atom stereocenters. The Morgan fingerprint density at radius 3 is 2.04 bits per heavy atom. The van der Waals surface area contributed by atoms with E-state index in [1.807, 2.05) is 6.92 Å². The largest absolute Gasteiger partial charge is 0.467 e. The summed E-state index contributed by atoms with van der Waals surface area (Å²) in [6.45, 7) is 6.76. The number of carbonyl (C=O) groups excluding carboxylic acids is 2. The van der Waals surface area contributed by atoms with Gasteiger partial charge in [0.25, 0.3) is 10.1 Å². The number of hydrogen-bond acceptors (Lipinski definition) is 6. The second-order valence-electron chi connectivity index (χ2n) is 6.39. The summed E-state index contributed by atoms with van der Waals surface area (Å²) in [6.07, 6.45) is 0. The van der Waals surface area contributed by atoms with Gasteiger partial charge in [0, 0.05) is 5.54 Å². The topological polar surface area (TPSA) is 142 Å². The molecular weight excluding hydrogens is 364 g/mol. The second-order valence-corrected chi connectivity index (χ2v) is 7.82. The summed E-state index contributed by atoms with van der Waals surface area (Å²) >= 11 is 0. The van der Waals surface area contributed by atoms with E-state index in [1.54, 1.807) is 32.9 Å². The Kier molecular flexibility index (Phi) is 9.25. The molecule has 1 aromatic rings. The van der Waals surface area contributed by atoms with Crippen molar-refractivity contribution < 1.29 is 32.4 Å². The van der Waals surface area contributed by atoms with Crippen molar-refractivity contribution in [1.29, 1.82) is 0 Å². The summed E-state index contributed by atoms with van der Waals surface area (Å²) in [7, 11) is -2.83. The number of ether oxygens (including phenoxy) is 1. The van der Waals surface area contributed by atoms with Crippen LogP contribution in [0.5, 0.6) is 0 Å². The third-order valence-corrected chi connectivity index (χ3v) is 3.65. The van der Waals surface area contributed by atoms with Crippen molar-refractivity contribution in [3.8, 4) is 0 Å². The fourth-order valence-corrected chi connectivity index (χ4v) is 2.05. The third-order valence-electron chi connectivity index (χ3n) is 2.78. The van der Waals surface area contributed by atoms with E-state index in [4.69, 9.17) is 9.66 Å². The van der Waals surface area contributed by atoms with Crippen LogP contribution >= 0.6 is 0 Å². The smallest absolute Gasteiger partial charge is 0.330 e. The Labute approximate surface area is 153 Å². The van der Waals surface area contributed by atoms with Gasteiger partial charge in [-0.2, -0.15) is 8.42 Å². The van der Waals surface area contributed by atoms with Crippen molar-refractivity contribution in [3.63, 3.8) is 0 Å². The summed E-state index contributed by atoms with van der Waals surface area (Å²) in [5.41, 5.74) is 0.553. The molecule has 0 spiro atoms. The van der Waals surface area contributed by atoms with Gasteiger partial charge in [0.1, 0.15) is 0 Å². The highest BCUT2D eigenvalue weighted by Gasteiger charge is 2.22. The summed E-state index contributed by atoms with van der Waals surface area (Å²) in [5.74, 6) is -0.679. The maximum Gasteiger partial charge on any atom is 0.330 e. The lowest BCUT2D eigenvalue weighted by Gasteiger charge is -2.22. The number of amides is 2. The van der Waals surface area contributed by atoms with E-state index in [2.05, 4.69) is 15.4 Å². The highest BCUT2D eigenvalue weighted by molar-refractivity contribution is 7.85. The Morgan fingerprint density at radius 1 is 1.19 bits per heavy atom. The molecule has 10 heteroatoms. The van der Waals surface area contributed by atoms with Crippen molar-refractivity contribution in [2.24, 2.45) is 0 Å². The molecule has 148 valence electrons. The molecule has 0 aliphatic rings. The Balaban J connectivity index is 0.000000502. The van der Waals surface area contributed by atoms with Crippen LogP contribution in [-0.4, -0.2) is 55.4 Å². The van der Waals surface area contributed by atoms with Gasteiger partial charge >= 0.3 is 12.0 Å². The highest BCUT2D eigenvalue weighted by Crippen LogP contribution is 2.08. The van der Waals surface area contributed by atoms with Crippen LogP contribution < -0.4 is 10.6 Å². The lowest BCUT2D eigenvalue weighted by molar-refractivity contribution is -0.143. The van der Waals surface area contributed by atoms with Crippen molar-refractivity contribution >= 4 is 22.1 Å². The first-order chi connectivity index (χ1) is 11.8. The van der Waals surface area contributed by atoms with Gasteiger partial charge in [-0.25, -0.2) is 9.59 Å². The highest BCUT2D eigenvalue weighted by atomic mass is 32.2. The molecule has 0 bridgehead atoms. The second kappa shape index (κ2) is 10.1. The zero-order chi connectivity index (χ0) is 20.5. The Morgan fingerprint density at radius 2 is 1.69 bits per heavy atom. The number of methoxy groups -OCH3 is 1. The van der Waals surface area contributed by atoms with Crippen LogP contribution in [0.25, 0.3) is 0 Å². The molecule has 9 nitrogen and oxygen atoms in total. The summed E-state index contributed by atoms with van der Waals surface area (Å²) in [4.78, 5) is 22.3. The molecule has 0 aliphatic carbocycles. The average molecular weight is 390 g/mol. The van der Waals surface area contributed by atoms with Gasteiger partial charge in [0.2, 0.25) is 0 Å². The van der Waals surface area contributed by atoms with E-state index < -0.39 is 40.3 Å². The number of carbonyl (C=O) groups is 2. The van der Waals surface area contributed by atoms with Crippen LogP contribution in [0.4, 0.5) is 4.79 Å². The number of hydrogen-bond donors (Lipinski definition) is 4. The SMILES string of the molecule is COC(=O)[C@H](CO)NC(=O)NC(C)(C)C.Cc1ccc(S(=O)(=O)O)cc1. The lowest BCUT2D eigenvalue weighted by Crippen LogP contribution is -2.53. The molecule has 4 N–H and O–H groups in total. The zero-order valence-corrected chi connectivity index (χ0v) is 16.3. The van der Waals surface area contributed by atoms with Crippen LogP contribution in [-0.2, 0) is 19.6 Å². The van der Waals surface area contributed by atoms with E-state index >= 15 is 0 Å². The predicted octanol–water partition coefficient (Wildman–Crippen LogP) is 0.860. The molecule has 0 fully saturated rings.